The van der Waals surface area contributed by atoms with Crippen LogP contribution in [0.1, 0.15) is 13.3 Å². The van der Waals surface area contributed by atoms with Crippen LogP contribution in [-0.4, -0.2) is 55.8 Å². The van der Waals surface area contributed by atoms with Crippen LogP contribution in [0.15, 0.2) is 0 Å². The number of rotatable bonds is 5. The quantitative estimate of drug-likeness (QED) is 0.664. The fourth-order valence-corrected chi connectivity index (χ4v) is 1.45. The molecule has 1 heterocycles. The molecule has 4 nitrogen and oxygen atoms in total. The first-order valence-corrected chi connectivity index (χ1v) is 4.89. The topological polar surface area (TPSA) is 41.9 Å². The van der Waals surface area contributed by atoms with Crippen molar-refractivity contribution in [1.82, 2.24) is 4.90 Å². The minimum Gasteiger partial charge on any atom is -0.395 e. The van der Waals surface area contributed by atoms with Gasteiger partial charge in [0, 0.05) is 13.1 Å². The third kappa shape index (κ3) is 4.04. The van der Waals surface area contributed by atoms with E-state index in [2.05, 4.69) is 11.8 Å². The zero-order valence-corrected chi connectivity index (χ0v) is 8.24. The molecule has 1 rings (SSSR count). The first kappa shape index (κ1) is 10.9. The van der Waals surface area contributed by atoms with E-state index in [9.17, 15) is 0 Å². The molecule has 0 bridgehead atoms. The highest BCUT2D eigenvalue weighted by molar-refractivity contribution is 4.66. The predicted octanol–water partition coefficient (Wildman–Crippen LogP) is 0.0636. The van der Waals surface area contributed by atoms with Crippen molar-refractivity contribution < 1.29 is 14.6 Å². The fraction of sp³-hybridized carbons (Fsp3) is 1.00. The summed E-state index contributed by atoms with van der Waals surface area (Å²) >= 11 is 0. The van der Waals surface area contributed by atoms with Crippen LogP contribution in [0, 0.1) is 0 Å². The van der Waals surface area contributed by atoms with Crippen molar-refractivity contribution in [3.63, 3.8) is 0 Å². The number of aliphatic hydroxyl groups excluding tert-OH is 1. The van der Waals surface area contributed by atoms with Crippen LogP contribution < -0.4 is 0 Å². The summed E-state index contributed by atoms with van der Waals surface area (Å²) in [6, 6.07) is 0. The molecule has 0 aromatic rings. The number of ether oxygens (including phenoxy) is 2. The lowest BCUT2D eigenvalue weighted by Crippen LogP contribution is -2.38. The van der Waals surface area contributed by atoms with Crippen LogP contribution in [0.4, 0.5) is 0 Å². The summed E-state index contributed by atoms with van der Waals surface area (Å²) in [6.07, 6.45) is 1.24. The minimum absolute atomic E-state index is 0.219. The molecule has 1 unspecified atom stereocenters. The van der Waals surface area contributed by atoms with Crippen molar-refractivity contribution in [3.8, 4) is 0 Å². The molecular formula is C9H19NO3. The van der Waals surface area contributed by atoms with Crippen LogP contribution in [0.25, 0.3) is 0 Å². The molecule has 1 atom stereocenters. The zero-order valence-electron chi connectivity index (χ0n) is 8.24. The van der Waals surface area contributed by atoms with Crippen LogP contribution in [0.2, 0.25) is 0 Å². The number of nitrogens with zero attached hydrogens (tertiary/aromatic N) is 1. The van der Waals surface area contributed by atoms with Gasteiger partial charge in [-0.2, -0.15) is 0 Å². The highest BCUT2D eigenvalue weighted by Gasteiger charge is 2.16. The summed E-state index contributed by atoms with van der Waals surface area (Å²) in [5.74, 6) is 0. The van der Waals surface area contributed by atoms with Crippen molar-refractivity contribution >= 4 is 0 Å². The molecule has 0 aromatic heterocycles. The van der Waals surface area contributed by atoms with Crippen LogP contribution >= 0.6 is 0 Å². The second kappa shape index (κ2) is 6.32. The van der Waals surface area contributed by atoms with Gasteiger partial charge in [-0.1, -0.05) is 6.92 Å². The van der Waals surface area contributed by atoms with E-state index in [1.165, 1.54) is 0 Å². The zero-order chi connectivity index (χ0) is 9.52. The Morgan fingerprint density at radius 3 is 2.92 bits per heavy atom. The summed E-state index contributed by atoms with van der Waals surface area (Å²) in [4.78, 5) is 2.19. The van der Waals surface area contributed by atoms with Crippen LogP contribution in [-0.2, 0) is 9.47 Å². The van der Waals surface area contributed by atoms with E-state index < -0.39 is 0 Å². The van der Waals surface area contributed by atoms with Crippen molar-refractivity contribution in [2.75, 3.05) is 39.6 Å². The molecule has 1 aliphatic heterocycles. The Kier molecular flexibility index (Phi) is 5.31. The molecule has 78 valence electrons. The normalized spacial score (nSPS) is 23.8. The molecule has 13 heavy (non-hydrogen) atoms. The molecule has 4 heteroatoms. The molecule has 0 aliphatic carbocycles. The van der Waals surface area contributed by atoms with Gasteiger partial charge in [0.1, 0.15) is 6.79 Å². The lowest BCUT2D eigenvalue weighted by molar-refractivity contribution is -0.144. The molecule has 0 amide bonds. The van der Waals surface area contributed by atoms with Gasteiger partial charge in [-0.3, -0.25) is 4.90 Å². The lowest BCUT2D eigenvalue weighted by Gasteiger charge is -2.28. The van der Waals surface area contributed by atoms with Crippen LogP contribution in [0.3, 0.4) is 0 Å². The molecule has 1 fully saturated rings. The average Bonchev–Trinajstić information content (AvgIpc) is 2.19. The molecule has 1 N–H and O–H groups in total. The van der Waals surface area contributed by atoms with Gasteiger partial charge in [0.05, 0.1) is 19.3 Å². The van der Waals surface area contributed by atoms with Crippen molar-refractivity contribution in [1.29, 1.82) is 0 Å². The number of hydrogen-bond acceptors (Lipinski definition) is 4. The Hall–Kier alpha value is -0.160. The number of likely N-dealkylation sites (N-methyl/N-ethyl adjacent to an activating group) is 1. The van der Waals surface area contributed by atoms with Crippen molar-refractivity contribution in [2.45, 2.75) is 19.4 Å². The first-order valence-electron chi connectivity index (χ1n) is 4.89. The standard InChI is InChI=1S/C9H19NO3/c1-2-10(4-5-11)7-9-3-6-12-8-13-9/h9,11H,2-8H2,1H3. The van der Waals surface area contributed by atoms with E-state index in [0.29, 0.717) is 6.79 Å². The highest BCUT2D eigenvalue weighted by Crippen LogP contribution is 2.07. The van der Waals surface area contributed by atoms with E-state index in [4.69, 9.17) is 14.6 Å². The van der Waals surface area contributed by atoms with E-state index in [-0.39, 0.29) is 12.7 Å². The highest BCUT2D eigenvalue weighted by atomic mass is 16.7. The molecule has 0 spiro atoms. The number of hydrogen-bond donors (Lipinski definition) is 1. The largest absolute Gasteiger partial charge is 0.395 e. The van der Waals surface area contributed by atoms with Crippen molar-refractivity contribution in [3.05, 3.63) is 0 Å². The smallest absolute Gasteiger partial charge is 0.147 e. The Morgan fingerprint density at radius 1 is 1.54 bits per heavy atom. The van der Waals surface area contributed by atoms with Gasteiger partial charge in [-0.15, -0.1) is 0 Å². The summed E-state index contributed by atoms with van der Waals surface area (Å²) in [7, 11) is 0. The average molecular weight is 189 g/mol. The van der Waals surface area contributed by atoms with Crippen LogP contribution in [0.5, 0.6) is 0 Å². The fourth-order valence-electron chi connectivity index (χ4n) is 1.45. The maximum atomic E-state index is 8.79. The summed E-state index contributed by atoms with van der Waals surface area (Å²) in [6.45, 7) is 6.12. The minimum atomic E-state index is 0.219. The Labute approximate surface area is 79.4 Å². The molecule has 0 aromatic carbocycles. The Morgan fingerprint density at radius 2 is 2.38 bits per heavy atom. The van der Waals surface area contributed by atoms with E-state index >= 15 is 0 Å². The van der Waals surface area contributed by atoms with Gasteiger partial charge in [0.15, 0.2) is 0 Å². The summed E-state index contributed by atoms with van der Waals surface area (Å²) in [5, 5.41) is 8.79. The van der Waals surface area contributed by atoms with Gasteiger partial charge < -0.3 is 14.6 Å². The maximum absolute atomic E-state index is 8.79. The third-order valence-corrected chi connectivity index (χ3v) is 2.30. The van der Waals surface area contributed by atoms with Gasteiger partial charge in [-0.05, 0) is 13.0 Å². The second-order valence-electron chi connectivity index (χ2n) is 3.22. The third-order valence-electron chi connectivity index (χ3n) is 2.30. The molecule has 0 saturated carbocycles. The molecule has 0 radical (unpaired) electrons. The van der Waals surface area contributed by atoms with Gasteiger partial charge in [0.2, 0.25) is 0 Å². The first-order chi connectivity index (χ1) is 6.36. The van der Waals surface area contributed by atoms with E-state index in [1.807, 2.05) is 0 Å². The SMILES string of the molecule is CCN(CCO)CC1CCOCO1. The predicted molar refractivity (Wildman–Crippen MR) is 49.5 cm³/mol. The second-order valence-corrected chi connectivity index (χ2v) is 3.22. The van der Waals surface area contributed by atoms with Gasteiger partial charge in [-0.25, -0.2) is 0 Å². The van der Waals surface area contributed by atoms with Crippen molar-refractivity contribution in [2.24, 2.45) is 0 Å². The van der Waals surface area contributed by atoms with Gasteiger partial charge >= 0.3 is 0 Å². The van der Waals surface area contributed by atoms with Gasteiger partial charge in [0.25, 0.3) is 0 Å². The van der Waals surface area contributed by atoms with E-state index in [1.54, 1.807) is 0 Å². The Balaban J connectivity index is 2.18. The lowest BCUT2D eigenvalue weighted by atomic mass is 10.2. The molecule has 1 saturated heterocycles. The monoisotopic (exact) mass is 189 g/mol. The summed E-state index contributed by atoms with van der Waals surface area (Å²) < 4.78 is 10.5. The van der Waals surface area contributed by atoms with E-state index in [0.717, 1.165) is 32.7 Å². The maximum Gasteiger partial charge on any atom is 0.147 e. The number of aliphatic hydroxyl groups is 1. The summed E-state index contributed by atoms with van der Waals surface area (Å²) in [5.41, 5.74) is 0. The Bertz CT molecular complexity index is 123. The molecular weight excluding hydrogens is 170 g/mol. The molecule has 1 aliphatic rings.